The molecule has 0 bridgehead atoms. The molecule has 0 aliphatic heterocycles. The quantitative estimate of drug-likeness (QED) is 0.292. The summed E-state index contributed by atoms with van der Waals surface area (Å²) >= 11 is 0. The van der Waals surface area contributed by atoms with Crippen molar-refractivity contribution >= 4 is 0 Å². The van der Waals surface area contributed by atoms with E-state index >= 15 is 0 Å². The Morgan fingerprint density at radius 3 is 0.864 bits per heavy atom. The van der Waals surface area contributed by atoms with E-state index in [9.17, 15) is 17.6 Å². The van der Waals surface area contributed by atoms with Gasteiger partial charge in [0.15, 0.2) is 0 Å². The molecule has 0 amide bonds. The number of alkyl halides is 4. The van der Waals surface area contributed by atoms with E-state index in [2.05, 4.69) is 0 Å². The maximum Gasteiger partial charge on any atom is 0.238 e. The second-order valence-electron chi connectivity index (χ2n) is 5.79. The van der Waals surface area contributed by atoms with Gasteiger partial charge in [-0.2, -0.15) is 17.6 Å². The fourth-order valence-electron chi connectivity index (χ4n) is 2.90. The molecule has 0 rings (SSSR count). The Kier molecular flexibility index (Phi) is 13.1. The van der Waals surface area contributed by atoms with Crippen molar-refractivity contribution in [2.75, 3.05) is 0 Å². The third kappa shape index (κ3) is 5.36. The van der Waals surface area contributed by atoms with Crippen LogP contribution in [0.4, 0.5) is 17.6 Å². The van der Waals surface area contributed by atoms with E-state index < -0.39 is 29.7 Å². The van der Waals surface area contributed by atoms with Crippen LogP contribution in [0.15, 0.2) is 0 Å². The molecule has 22 heavy (non-hydrogen) atoms. The molecule has 0 saturated carbocycles. The summed E-state index contributed by atoms with van der Waals surface area (Å²) in [6, 6.07) is 0. The van der Waals surface area contributed by atoms with Gasteiger partial charge in [0.1, 0.15) is 0 Å². The van der Waals surface area contributed by atoms with Crippen molar-refractivity contribution in [3.8, 4) is 0 Å². The highest BCUT2D eigenvalue weighted by atomic mass is 19.2. The summed E-state index contributed by atoms with van der Waals surface area (Å²) in [5.41, 5.74) is 0. The lowest BCUT2D eigenvalue weighted by Gasteiger charge is -2.47. The molecule has 0 saturated heterocycles. The first-order valence-corrected chi connectivity index (χ1v) is 8.37. The zero-order valence-electron chi connectivity index (χ0n) is 14.3. The van der Waals surface area contributed by atoms with Crippen molar-refractivity contribution in [1.29, 1.82) is 0 Å². The van der Waals surface area contributed by atoms with E-state index in [1.54, 1.807) is 27.7 Å². The Labute approximate surface area is 132 Å². The van der Waals surface area contributed by atoms with Gasteiger partial charge in [-0.1, -0.05) is 27.7 Å². The second kappa shape index (κ2) is 12.1. The molecule has 0 heterocycles. The zero-order valence-corrected chi connectivity index (χ0v) is 14.3. The van der Waals surface area contributed by atoms with Crippen LogP contribution in [0.3, 0.4) is 0 Å². The Bertz CT molecular complexity index is 211. The van der Waals surface area contributed by atoms with Crippen LogP contribution in [0.25, 0.3) is 0 Å². The fourth-order valence-corrected chi connectivity index (χ4v) is 2.90. The van der Waals surface area contributed by atoms with Crippen molar-refractivity contribution in [1.82, 2.24) is 0 Å². The molecule has 0 spiro atoms. The first kappa shape index (κ1) is 23.9. The van der Waals surface area contributed by atoms with E-state index in [0.29, 0.717) is 25.7 Å². The summed E-state index contributed by atoms with van der Waals surface area (Å²) in [7, 11) is 0. The SMILES string of the molecule is CCCC(F)[N+](C(F)CCC)(C(F)CCC)C(F)CCC.[F-]. The van der Waals surface area contributed by atoms with E-state index in [1.165, 1.54) is 0 Å². The third-order valence-corrected chi connectivity index (χ3v) is 4.05. The number of nitrogens with zero attached hydrogens (tertiary/aromatic N) is 1. The van der Waals surface area contributed by atoms with E-state index in [4.69, 9.17) is 0 Å². The maximum atomic E-state index is 14.7. The fraction of sp³-hybridized carbons (Fsp3) is 1.00. The lowest BCUT2D eigenvalue weighted by molar-refractivity contribution is -1.06. The van der Waals surface area contributed by atoms with E-state index in [-0.39, 0.29) is 30.4 Å². The molecule has 136 valence electrons. The maximum absolute atomic E-state index is 14.7. The molecule has 0 aliphatic rings. The molecule has 1 nitrogen and oxygen atoms in total. The summed E-state index contributed by atoms with van der Waals surface area (Å²) in [6.07, 6.45) is -5.63. The van der Waals surface area contributed by atoms with Crippen LogP contribution >= 0.6 is 0 Å². The molecule has 0 aromatic heterocycles. The summed E-state index contributed by atoms with van der Waals surface area (Å²) < 4.78 is 57.5. The minimum absolute atomic E-state index is 0. The van der Waals surface area contributed by atoms with Crippen molar-refractivity contribution in [3.63, 3.8) is 0 Å². The Morgan fingerprint density at radius 2 is 0.727 bits per heavy atom. The summed E-state index contributed by atoms with van der Waals surface area (Å²) in [5, 5.41) is 0. The van der Waals surface area contributed by atoms with Crippen molar-refractivity contribution in [3.05, 3.63) is 0 Å². The smallest absolute Gasteiger partial charge is 0.238 e. The van der Waals surface area contributed by atoms with Crippen LogP contribution in [0.5, 0.6) is 0 Å². The minimum atomic E-state index is -1.83. The monoisotopic (exact) mass is 333 g/mol. The molecule has 0 aromatic carbocycles. The lowest BCUT2D eigenvalue weighted by atomic mass is 10.1. The number of hydrogen-bond donors (Lipinski definition) is 0. The molecule has 6 heteroatoms. The van der Waals surface area contributed by atoms with Gasteiger partial charge in [-0.05, 0) is 25.7 Å². The molecule has 4 atom stereocenters. The molecule has 0 fully saturated rings. The predicted octanol–water partition coefficient (Wildman–Crippen LogP) is 3.19. The van der Waals surface area contributed by atoms with Gasteiger partial charge in [-0.25, -0.2) is 4.48 Å². The molecule has 0 aliphatic carbocycles. The minimum Gasteiger partial charge on any atom is -1.00 e. The van der Waals surface area contributed by atoms with Crippen LogP contribution in [0, 0.1) is 0 Å². The van der Waals surface area contributed by atoms with Crippen LogP contribution in [0.1, 0.15) is 79.1 Å². The highest BCUT2D eigenvalue weighted by Gasteiger charge is 2.55. The summed E-state index contributed by atoms with van der Waals surface area (Å²) in [6.45, 7) is 6.98. The highest BCUT2D eigenvalue weighted by molar-refractivity contribution is 4.62. The van der Waals surface area contributed by atoms with Crippen molar-refractivity contribution in [2.24, 2.45) is 0 Å². The van der Waals surface area contributed by atoms with Crippen molar-refractivity contribution in [2.45, 2.75) is 104 Å². The van der Waals surface area contributed by atoms with Crippen molar-refractivity contribution < 1.29 is 26.7 Å². The normalized spacial score (nSPS) is 19.6. The average Bonchev–Trinajstić information content (AvgIpc) is 2.40. The van der Waals surface area contributed by atoms with Gasteiger partial charge in [0.2, 0.25) is 25.2 Å². The van der Waals surface area contributed by atoms with Gasteiger partial charge in [-0.3, -0.25) is 0 Å². The topological polar surface area (TPSA) is 0 Å². The number of quaternary nitrogens is 1. The average molecular weight is 333 g/mol. The molecule has 0 N–H and O–H groups in total. The number of rotatable bonds is 12. The Balaban J connectivity index is 0. The predicted molar refractivity (Wildman–Crippen MR) is 79.5 cm³/mol. The first-order chi connectivity index (χ1) is 9.93. The van der Waals surface area contributed by atoms with E-state index in [0.717, 1.165) is 0 Å². The first-order valence-electron chi connectivity index (χ1n) is 8.37. The zero-order chi connectivity index (χ0) is 16.5. The lowest BCUT2D eigenvalue weighted by Crippen LogP contribution is -3.00. The third-order valence-electron chi connectivity index (χ3n) is 4.05. The van der Waals surface area contributed by atoms with Crippen LogP contribution in [-0.4, -0.2) is 29.7 Å². The Morgan fingerprint density at radius 1 is 0.545 bits per heavy atom. The number of hydrogen-bond acceptors (Lipinski definition) is 0. The van der Waals surface area contributed by atoms with Crippen LogP contribution in [-0.2, 0) is 0 Å². The van der Waals surface area contributed by atoms with Gasteiger partial charge < -0.3 is 4.70 Å². The molecule has 4 unspecified atom stereocenters. The van der Waals surface area contributed by atoms with Gasteiger partial charge >= 0.3 is 0 Å². The number of halogens is 5. The summed E-state index contributed by atoms with van der Waals surface area (Å²) in [5.74, 6) is 0. The summed E-state index contributed by atoms with van der Waals surface area (Å²) in [4.78, 5) is 0. The van der Waals surface area contributed by atoms with Crippen LogP contribution < -0.4 is 4.70 Å². The standard InChI is InChI=1S/C16H32F4N.FH/c1-5-9-13(17)21(14(18)10-6-2,15(19)11-7-3)16(20)12-8-4;/h13-16H,5-12H2,1-4H3;1H/q+1;/p-1. The molecular weight excluding hydrogens is 301 g/mol. The highest BCUT2D eigenvalue weighted by Crippen LogP contribution is 2.39. The molecule has 0 radical (unpaired) electrons. The van der Waals surface area contributed by atoms with Gasteiger partial charge in [0.05, 0.1) is 0 Å². The van der Waals surface area contributed by atoms with E-state index in [1.807, 2.05) is 0 Å². The Hall–Kier alpha value is -0.390. The van der Waals surface area contributed by atoms with Gasteiger partial charge in [0, 0.05) is 25.7 Å². The molecular formula is C16H32F5N. The molecule has 0 aromatic rings. The largest absolute Gasteiger partial charge is 1.00 e. The second-order valence-corrected chi connectivity index (χ2v) is 5.79. The van der Waals surface area contributed by atoms with Crippen LogP contribution in [0.2, 0.25) is 0 Å². The van der Waals surface area contributed by atoms with Gasteiger partial charge in [0.25, 0.3) is 0 Å². The van der Waals surface area contributed by atoms with Gasteiger partial charge in [-0.15, -0.1) is 0 Å².